The number of aryl methyl sites for hydroxylation is 1. The molecule has 5 rings (SSSR count). The van der Waals surface area contributed by atoms with Gasteiger partial charge in [-0.3, -0.25) is 9.88 Å². The zero-order chi connectivity index (χ0) is 19.6. The lowest BCUT2D eigenvalue weighted by Gasteiger charge is -2.34. The molecule has 0 amide bonds. The van der Waals surface area contributed by atoms with E-state index in [0.717, 1.165) is 25.2 Å². The molecule has 2 aromatic carbocycles. The van der Waals surface area contributed by atoms with Gasteiger partial charge in [-0.2, -0.15) is 0 Å². The molecular weight excluding hydrogens is 354 g/mol. The molecule has 0 unspecified atom stereocenters. The summed E-state index contributed by atoms with van der Waals surface area (Å²) in [7, 11) is 0. The lowest BCUT2D eigenvalue weighted by atomic mass is 9.89. The van der Waals surface area contributed by atoms with E-state index in [1.165, 1.54) is 66.5 Å². The summed E-state index contributed by atoms with van der Waals surface area (Å²) in [6.45, 7) is 7.91. The predicted octanol–water partition coefficient (Wildman–Crippen LogP) is 5.52. The SMILES string of the molecule is Cc1ccc(C2CCN(c3ccc4cc(CN5CCCC5)cnc4c3)CC2)cc1. The summed E-state index contributed by atoms with van der Waals surface area (Å²) in [5, 5.41) is 1.26. The minimum atomic E-state index is 0.693. The van der Waals surface area contributed by atoms with Crippen molar-refractivity contribution in [1.29, 1.82) is 0 Å². The third-order valence-electron chi connectivity index (χ3n) is 6.74. The van der Waals surface area contributed by atoms with Crippen molar-refractivity contribution in [3.8, 4) is 0 Å². The third-order valence-corrected chi connectivity index (χ3v) is 6.74. The molecule has 150 valence electrons. The van der Waals surface area contributed by atoms with Crippen LogP contribution in [0.5, 0.6) is 0 Å². The molecule has 3 aromatic rings. The maximum atomic E-state index is 4.80. The Hall–Kier alpha value is -2.39. The molecule has 3 heterocycles. The van der Waals surface area contributed by atoms with E-state index in [1.54, 1.807) is 0 Å². The highest BCUT2D eigenvalue weighted by atomic mass is 15.1. The van der Waals surface area contributed by atoms with Gasteiger partial charge >= 0.3 is 0 Å². The van der Waals surface area contributed by atoms with Crippen LogP contribution in [0.4, 0.5) is 5.69 Å². The first-order valence-corrected chi connectivity index (χ1v) is 11.2. The summed E-state index contributed by atoms with van der Waals surface area (Å²) < 4.78 is 0. The van der Waals surface area contributed by atoms with Gasteiger partial charge in [-0.05, 0) is 80.9 Å². The summed E-state index contributed by atoms with van der Waals surface area (Å²) >= 11 is 0. The Kier molecular flexibility index (Phi) is 5.24. The van der Waals surface area contributed by atoms with Gasteiger partial charge < -0.3 is 4.90 Å². The highest BCUT2D eigenvalue weighted by Crippen LogP contribution is 2.31. The molecule has 0 spiro atoms. The number of anilines is 1. The second kappa shape index (κ2) is 8.16. The summed E-state index contributed by atoms with van der Waals surface area (Å²) in [5.41, 5.74) is 6.62. The fraction of sp³-hybridized carbons (Fsp3) is 0.423. The Morgan fingerprint density at radius 1 is 0.897 bits per heavy atom. The van der Waals surface area contributed by atoms with E-state index in [-0.39, 0.29) is 0 Å². The monoisotopic (exact) mass is 385 g/mol. The fourth-order valence-electron chi connectivity index (χ4n) is 4.95. The van der Waals surface area contributed by atoms with Gasteiger partial charge in [0.05, 0.1) is 5.52 Å². The van der Waals surface area contributed by atoms with Crippen molar-refractivity contribution in [3.05, 3.63) is 71.4 Å². The van der Waals surface area contributed by atoms with Gasteiger partial charge in [0.1, 0.15) is 0 Å². The van der Waals surface area contributed by atoms with Crippen molar-refractivity contribution in [1.82, 2.24) is 9.88 Å². The molecule has 29 heavy (non-hydrogen) atoms. The van der Waals surface area contributed by atoms with Gasteiger partial charge in [0, 0.05) is 36.9 Å². The summed E-state index contributed by atoms with van der Waals surface area (Å²) in [6, 6.07) is 18.3. The molecule has 0 radical (unpaired) electrons. The number of nitrogens with zero attached hydrogens (tertiary/aromatic N) is 3. The van der Waals surface area contributed by atoms with Crippen LogP contribution in [0.15, 0.2) is 54.7 Å². The van der Waals surface area contributed by atoms with E-state index >= 15 is 0 Å². The van der Waals surface area contributed by atoms with Crippen LogP contribution in [0.3, 0.4) is 0 Å². The number of hydrogen-bond acceptors (Lipinski definition) is 3. The normalized spacial score (nSPS) is 18.6. The van der Waals surface area contributed by atoms with E-state index in [1.807, 2.05) is 0 Å². The fourth-order valence-corrected chi connectivity index (χ4v) is 4.95. The van der Waals surface area contributed by atoms with Crippen LogP contribution >= 0.6 is 0 Å². The molecule has 1 aromatic heterocycles. The first kappa shape index (κ1) is 18.6. The molecule has 0 bridgehead atoms. The average molecular weight is 386 g/mol. The summed E-state index contributed by atoms with van der Waals surface area (Å²) in [6.07, 6.45) is 7.20. The molecule has 3 nitrogen and oxygen atoms in total. The Bertz CT molecular complexity index is 965. The average Bonchev–Trinajstić information content (AvgIpc) is 3.27. The summed E-state index contributed by atoms with van der Waals surface area (Å²) in [4.78, 5) is 9.86. The minimum Gasteiger partial charge on any atom is -0.371 e. The van der Waals surface area contributed by atoms with E-state index in [2.05, 4.69) is 71.5 Å². The van der Waals surface area contributed by atoms with Crippen molar-refractivity contribution in [2.24, 2.45) is 0 Å². The largest absolute Gasteiger partial charge is 0.371 e. The number of benzene rings is 2. The standard InChI is InChI=1S/C26H31N3/c1-20-4-6-22(7-5-20)23-10-14-29(15-11-23)25-9-8-24-16-21(18-27-26(24)17-25)19-28-12-2-3-13-28/h4-9,16-18,23H,2-3,10-15,19H2,1H3. The smallest absolute Gasteiger partial charge is 0.0722 e. The van der Waals surface area contributed by atoms with E-state index < -0.39 is 0 Å². The molecule has 2 fully saturated rings. The predicted molar refractivity (Wildman–Crippen MR) is 122 cm³/mol. The lowest BCUT2D eigenvalue weighted by molar-refractivity contribution is 0.331. The number of aromatic nitrogens is 1. The molecule has 2 aliphatic rings. The number of pyridine rings is 1. The third kappa shape index (κ3) is 4.16. The molecular formula is C26H31N3. The Morgan fingerprint density at radius 2 is 1.66 bits per heavy atom. The Balaban J connectivity index is 1.26. The van der Waals surface area contributed by atoms with Crippen LogP contribution in [0.25, 0.3) is 10.9 Å². The van der Waals surface area contributed by atoms with Crippen LogP contribution in [-0.4, -0.2) is 36.1 Å². The van der Waals surface area contributed by atoms with Crippen LogP contribution in [0, 0.1) is 6.92 Å². The second-order valence-corrected chi connectivity index (χ2v) is 8.88. The van der Waals surface area contributed by atoms with E-state index in [0.29, 0.717) is 5.92 Å². The molecule has 0 saturated carbocycles. The van der Waals surface area contributed by atoms with Crippen LogP contribution in [0.2, 0.25) is 0 Å². The van der Waals surface area contributed by atoms with Crippen molar-refractivity contribution in [2.75, 3.05) is 31.1 Å². The van der Waals surface area contributed by atoms with Crippen molar-refractivity contribution in [2.45, 2.75) is 45.1 Å². The number of likely N-dealkylation sites (tertiary alicyclic amines) is 1. The minimum absolute atomic E-state index is 0.693. The van der Waals surface area contributed by atoms with Gasteiger partial charge in [-0.15, -0.1) is 0 Å². The topological polar surface area (TPSA) is 19.4 Å². The lowest BCUT2D eigenvalue weighted by Crippen LogP contribution is -2.32. The van der Waals surface area contributed by atoms with Crippen LogP contribution in [0.1, 0.15) is 48.3 Å². The molecule has 2 aliphatic heterocycles. The maximum Gasteiger partial charge on any atom is 0.0722 e. The summed E-state index contributed by atoms with van der Waals surface area (Å²) in [5.74, 6) is 0.693. The van der Waals surface area contributed by atoms with E-state index in [9.17, 15) is 0 Å². The molecule has 2 saturated heterocycles. The second-order valence-electron chi connectivity index (χ2n) is 8.88. The van der Waals surface area contributed by atoms with Crippen molar-refractivity contribution < 1.29 is 0 Å². The first-order valence-electron chi connectivity index (χ1n) is 11.2. The highest BCUT2D eigenvalue weighted by molar-refractivity contribution is 5.82. The zero-order valence-electron chi connectivity index (χ0n) is 17.5. The molecule has 0 N–H and O–H groups in total. The van der Waals surface area contributed by atoms with E-state index in [4.69, 9.17) is 4.98 Å². The van der Waals surface area contributed by atoms with Gasteiger partial charge in [0.25, 0.3) is 0 Å². The molecule has 3 heteroatoms. The number of hydrogen-bond donors (Lipinski definition) is 0. The number of piperidine rings is 1. The molecule has 0 aliphatic carbocycles. The van der Waals surface area contributed by atoms with Crippen molar-refractivity contribution >= 4 is 16.6 Å². The molecule has 0 atom stereocenters. The van der Waals surface area contributed by atoms with Gasteiger partial charge in [-0.1, -0.05) is 35.9 Å². The maximum absolute atomic E-state index is 4.80. The van der Waals surface area contributed by atoms with Crippen molar-refractivity contribution in [3.63, 3.8) is 0 Å². The first-order chi connectivity index (χ1) is 14.2. The zero-order valence-corrected chi connectivity index (χ0v) is 17.5. The number of fused-ring (bicyclic) bond motifs is 1. The Morgan fingerprint density at radius 3 is 2.41 bits per heavy atom. The van der Waals surface area contributed by atoms with Crippen LogP contribution in [-0.2, 0) is 6.54 Å². The van der Waals surface area contributed by atoms with Gasteiger partial charge in [0.15, 0.2) is 0 Å². The van der Waals surface area contributed by atoms with Gasteiger partial charge in [-0.25, -0.2) is 0 Å². The number of rotatable bonds is 4. The van der Waals surface area contributed by atoms with Crippen LogP contribution < -0.4 is 4.90 Å². The van der Waals surface area contributed by atoms with Gasteiger partial charge in [0.2, 0.25) is 0 Å². The quantitative estimate of drug-likeness (QED) is 0.589. The Labute approximate surface area is 174 Å². The highest BCUT2D eigenvalue weighted by Gasteiger charge is 2.21.